The Labute approximate surface area is 160 Å². The molecule has 4 saturated heterocycles. The fourth-order valence-electron chi connectivity index (χ4n) is 5.68. The van der Waals surface area contributed by atoms with Gasteiger partial charge in [-0.25, -0.2) is 0 Å². The molecule has 3 unspecified atom stereocenters. The summed E-state index contributed by atoms with van der Waals surface area (Å²) in [6.45, 7) is 7.39. The van der Waals surface area contributed by atoms with E-state index in [1.54, 1.807) is 6.20 Å². The molecule has 0 spiro atoms. The number of H-pyrrole nitrogens is 1. The van der Waals surface area contributed by atoms with Crippen molar-refractivity contribution in [2.45, 2.75) is 51.1 Å². The van der Waals surface area contributed by atoms with Gasteiger partial charge in [-0.2, -0.15) is 5.10 Å². The number of aryl methyl sites for hydroxylation is 2. The molecule has 1 N–H and O–H groups in total. The van der Waals surface area contributed by atoms with Gasteiger partial charge in [0, 0.05) is 24.2 Å². The molecule has 0 radical (unpaired) electrons. The molecule has 0 aliphatic carbocycles. The van der Waals surface area contributed by atoms with Gasteiger partial charge >= 0.3 is 0 Å². The van der Waals surface area contributed by atoms with E-state index in [0.717, 1.165) is 24.2 Å². The number of hydrogen-bond acceptors (Lipinski definition) is 3. The highest BCUT2D eigenvalue weighted by molar-refractivity contribution is 5.95. The number of carbonyl (C=O) groups is 1. The second-order valence-corrected chi connectivity index (χ2v) is 8.45. The maximum atomic E-state index is 13.5. The number of aromatic amines is 1. The monoisotopic (exact) mass is 364 g/mol. The lowest BCUT2D eigenvalue weighted by molar-refractivity contribution is -0.00343. The first kappa shape index (κ1) is 17.0. The number of carbonyl (C=O) groups excluding carboxylic acids is 1. The average molecular weight is 364 g/mol. The Balaban J connectivity index is 1.52. The van der Waals surface area contributed by atoms with Crippen molar-refractivity contribution in [3.05, 3.63) is 52.8 Å². The van der Waals surface area contributed by atoms with E-state index >= 15 is 0 Å². The molecule has 4 fully saturated rings. The zero-order valence-electron chi connectivity index (χ0n) is 16.2. The first-order valence-electron chi connectivity index (χ1n) is 10.3. The first-order chi connectivity index (χ1) is 13.2. The summed E-state index contributed by atoms with van der Waals surface area (Å²) in [5.41, 5.74) is 4.38. The van der Waals surface area contributed by atoms with Crippen molar-refractivity contribution in [3.8, 4) is 0 Å². The van der Waals surface area contributed by atoms with E-state index in [0.29, 0.717) is 23.9 Å². The topological polar surface area (TPSA) is 52.2 Å². The molecule has 4 aliphatic heterocycles. The predicted molar refractivity (Wildman–Crippen MR) is 105 cm³/mol. The Kier molecular flexibility index (Phi) is 4.08. The van der Waals surface area contributed by atoms with Gasteiger partial charge in [0.05, 0.1) is 17.8 Å². The van der Waals surface area contributed by atoms with Gasteiger partial charge in [0.1, 0.15) is 0 Å². The molecule has 0 saturated carbocycles. The molecule has 2 bridgehead atoms. The summed E-state index contributed by atoms with van der Waals surface area (Å²) >= 11 is 0. The van der Waals surface area contributed by atoms with Crippen LogP contribution in [0.2, 0.25) is 0 Å². The van der Waals surface area contributed by atoms with E-state index in [-0.39, 0.29) is 5.91 Å². The maximum Gasteiger partial charge on any atom is 0.257 e. The van der Waals surface area contributed by atoms with Crippen LogP contribution in [0.5, 0.6) is 0 Å². The third kappa shape index (κ3) is 2.63. The number of nitrogens with one attached hydrogen (secondary N) is 1. The van der Waals surface area contributed by atoms with Crippen LogP contribution in [0.15, 0.2) is 30.5 Å². The highest BCUT2D eigenvalue weighted by Crippen LogP contribution is 2.47. The van der Waals surface area contributed by atoms with Crippen LogP contribution in [0, 0.1) is 12.8 Å². The number of likely N-dealkylation sites (tertiary alicyclic amines) is 1. The van der Waals surface area contributed by atoms with Crippen molar-refractivity contribution in [1.29, 1.82) is 0 Å². The Morgan fingerprint density at radius 3 is 2.63 bits per heavy atom. The lowest BCUT2D eigenvalue weighted by Crippen LogP contribution is -2.60. The van der Waals surface area contributed by atoms with Gasteiger partial charge in [-0.15, -0.1) is 0 Å². The molecular formula is C22H28N4O. The largest absolute Gasteiger partial charge is 0.333 e. The predicted octanol–water partition coefficient (Wildman–Crippen LogP) is 2.98. The van der Waals surface area contributed by atoms with Crippen LogP contribution in [-0.4, -0.2) is 57.6 Å². The van der Waals surface area contributed by atoms with Gasteiger partial charge in [0.15, 0.2) is 0 Å². The standard InChI is InChI=1S/C22H28N4O/c1-3-19-17(12-23-24-19)22(27)26-13-18(15-6-4-14(2)5-7-15)21-20(26)16-8-10-25(21)11-9-16/h4-7,12,16,18,20-21H,3,8-11,13H2,1-2H3,(H,23,24). The van der Waals surface area contributed by atoms with Crippen molar-refractivity contribution in [3.63, 3.8) is 0 Å². The zero-order chi connectivity index (χ0) is 18.5. The number of piperidine rings is 3. The number of benzene rings is 1. The SMILES string of the molecule is CCc1[nH]ncc1C(=O)N1CC(c2ccc(C)cc2)C2C1C1CCN2CC1. The Bertz CT molecular complexity index is 834. The van der Waals surface area contributed by atoms with Gasteiger partial charge in [-0.3, -0.25) is 14.8 Å². The Hall–Kier alpha value is -2.14. The minimum Gasteiger partial charge on any atom is -0.333 e. The van der Waals surface area contributed by atoms with E-state index in [9.17, 15) is 4.79 Å². The molecule has 4 aliphatic rings. The van der Waals surface area contributed by atoms with Gasteiger partial charge in [-0.05, 0) is 50.8 Å². The van der Waals surface area contributed by atoms with Gasteiger partial charge in [-0.1, -0.05) is 36.8 Å². The summed E-state index contributed by atoms with van der Waals surface area (Å²) in [6, 6.07) is 9.74. The van der Waals surface area contributed by atoms with Gasteiger partial charge in [0.2, 0.25) is 0 Å². The highest BCUT2D eigenvalue weighted by Gasteiger charge is 2.54. The molecule has 5 heterocycles. The van der Waals surface area contributed by atoms with E-state index in [2.05, 4.69) is 58.1 Å². The molecule has 6 rings (SSSR count). The van der Waals surface area contributed by atoms with E-state index in [4.69, 9.17) is 0 Å². The third-order valence-corrected chi connectivity index (χ3v) is 7.06. The van der Waals surface area contributed by atoms with Crippen LogP contribution < -0.4 is 0 Å². The maximum absolute atomic E-state index is 13.5. The Morgan fingerprint density at radius 2 is 1.93 bits per heavy atom. The van der Waals surface area contributed by atoms with Crippen molar-refractivity contribution >= 4 is 5.91 Å². The van der Waals surface area contributed by atoms with Crippen LogP contribution in [0.3, 0.4) is 0 Å². The van der Waals surface area contributed by atoms with E-state index in [1.807, 2.05) is 0 Å². The molecule has 3 atom stereocenters. The number of nitrogens with zero attached hydrogens (tertiary/aromatic N) is 3. The number of aromatic nitrogens is 2. The number of rotatable bonds is 3. The summed E-state index contributed by atoms with van der Waals surface area (Å²) in [4.78, 5) is 18.3. The fraction of sp³-hybridized carbons (Fsp3) is 0.545. The van der Waals surface area contributed by atoms with Gasteiger partial charge < -0.3 is 4.90 Å². The molecule has 142 valence electrons. The molecule has 1 amide bonds. The summed E-state index contributed by atoms with van der Waals surface area (Å²) in [7, 11) is 0. The summed E-state index contributed by atoms with van der Waals surface area (Å²) in [5, 5.41) is 7.15. The third-order valence-electron chi connectivity index (χ3n) is 7.06. The smallest absolute Gasteiger partial charge is 0.257 e. The summed E-state index contributed by atoms with van der Waals surface area (Å²) in [5.74, 6) is 1.20. The molecule has 5 heteroatoms. The van der Waals surface area contributed by atoms with Crippen LogP contribution in [-0.2, 0) is 6.42 Å². The van der Waals surface area contributed by atoms with Crippen LogP contribution >= 0.6 is 0 Å². The van der Waals surface area contributed by atoms with E-state index < -0.39 is 0 Å². The minimum absolute atomic E-state index is 0.166. The second kappa shape index (κ2) is 6.48. The van der Waals surface area contributed by atoms with Crippen LogP contribution in [0.25, 0.3) is 0 Å². The average Bonchev–Trinajstić information content (AvgIpc) is 3.35. The molecular weight excluding hydrogens is 336 g/mol. The van der Waals surface area contributed by atoms with Gasteiger partial charge in [0.25, 0.3) is 5.91 Å². The fourth-order valence-corrected chi connectivity index (χ4v) is 5.68. The van der Waals surface area contributed by atoms with Crippen molar-refractivity contribution in [2.24, 2.45) is 5.92 Å². The first-order valence-corrected chi connectivity index (χ1v) is 10.3. The van der Waals surface area contributed by atoms with Crippen LogP contribution in [0.4, 0.5) is 0 Å². The number of hydrogen-bond donors (Lipinski definition) is 1. The zero-order valence-corrected chi connectivity index (χ0v) is 16.2. The molecule has 27 heavy (non-hydrogen) atoms. The minimum atomic E-state index is 0.166. The lowest BCUT2D eigenvalue weighted by atomic mass is 9.75. The summed E-state index contributed by atoms with van der Waals surface area (Å²) < 4.78 is 0. The van der Waals surface area contributed by atoms with Crippen molar-refractivity contribution < 1.29 is 4.79 Å². The number of amides is 1. The second-order valence-electron chi connectivity index (χ2n) is 8.45. The lowest BCUT2D eigenvalue weighted by Gasteiger charge is -2.51. The molecule has 5 nitrogen and oxygen atoms in total. The summed E-state index contributed by atoms with van der Waals surface area (Å²) in [6.07, 6.45) is 4.96. The highest BCUT2D eigenvalue weighted by atomic mass is 16.2. The van der Waals surface area contributed by atoms with Crippen LogP contribution in [0.1, 0.15) is 52.9 Å². The van der Waals surface area contributed by atoms with Crippen molar-refractivity contribution in [1.82, 2.24) is 20.0 Å². The quantitative estimate of drug-likeness (QED) is 0.911. The molecule has 1 aromatic carbocycles. The molecule has 1 aromatic heterocycles. The van der Waals surface area contributed by atoms with Crippen molar-refractivity contribution in [2.75, 3.05) is 19.6 Å². The molecule has 2 aromatic rings. The van der Waals surface area contributed by atoms with E-state index in [1.165, 1.54) is 37.1 Å². The Morgan fingerprint density at radius 1 is 1.19 bits per heavy atom. The normalized spacial score (nSPS) is 31.9. The number of fused-ring (bicyclic) bond motifs is 2.